The van der Waals surface area contributed by atoms with E-state index in [9.17, 15) is 5.11 Å². The molecule has 0 radical (unpaired) electrons. The van der Waals surface area contributed by atoms with E-state index in [0.717, 1.165) is 18.4 Å². The molecule has 1 saturated carbocycles. The molecular formula is C12H16O. The van der Waals surface area contributed by atoms with Crippen molar-refractivity contribution in [2.24, 2.45) is 0 Å². The second-order valence-corrected chi connectivity index (χ2v) is 4.28. The van der Waals surface area contributed by atoms with Gasteiger partial charge in [-0.25, -0.2) is 0 Å². The number of benzene rings is 1. The van der Waals surface area contributed by atoms with Gasteiger partial charge in [0.25, 0.3) is 0 Å². The maximum atomic E-state index is 10.00. The summed E-state index contributed by atoms with van der Waals surface area (Å²) in [5.74, 6) is 0. The standard InChI is InChI=1S/C12H16O/c1-8-6-10(3)11(7-9(8)2)12(13)4-5-12/h6-7,13H,4-5H2,1-3H3. The van der Waals surface area contributed by atoms with Crippen LogP contribution >= 0.6 is 0 Å². The Morgan fingerprint density at radius 2 is 1.54 bits per heavy atom. The van der Waals surface area contributed by atoms with E-state index >= 15 is 0 Å². The molecule has 0 spiro atoms. The van der Waals surface area contributed by atoms with Crippen molar-refractivity contribution in [2.75, 3.05) is 0 Å². The van der Waals surface area contributed by atoms with Gasteiger partial charge >= 0.3 is 0 Å². The van der Waals surface area contributed by atoms with Crippen LogP contribution in [0.15, 0.2) is 12.1 Å². The van der Waals surface area contributed by atoms with Gasteiger partial charge in [0.15, 0.2) is 0 Å². The summed E-state index contributed by atoms with van der Waals surface area (Å²) in [6.07, 6.45) is 1.85. The number of rotatable bonds is 1. The van der Waals surface area contributed by atoms with Crippen molar-refractivity contribution in [3.63, 3.8) is 0 Å². The quantitative estimate of drug-likeness (QED) is 0.697. The van der Waals surface area contributed by atoms with E-state index in [4.69, 9.17) is 0 Å². The van der Waals surface area contributed by atoms with Gasteiger partial charge in [0.05, 0.1) is 5.60 Å². The molecule has 1 heteroatoms. The fraction of sp³-hybridized carbons (Fsp3) is 0.500. The van der Waals surface area contributed by atoms with Crippen LogP contribution in [0.25, 0.3) is 0 Å². The zero-order valence-electron chi connectivity index (χ0n) is 8.52. The fourth-order valence-corrected chi connectivity index (χ4v) is 1.85. The van der Waals surface area contributed by atoms with E-state index in [2.05, 4.69) is 32.9 Å². The molecule has 0 heterocycles. The van der Waals surface area contributed by atoms with Gasteiger partial charge in [0.1, 0.15) is 0 Å². The zero-order chi connectivity index (χ0) is 9.64. The maximum Gasteiger partial charge on any atom is 0.0901 e. The molecule has 70 valence electrons. The summed E-state index contributed by atoms with van der Waals surface area (Å²) in [6.45, 7) is 6.30. The van der Waals surface area contributed by atoms with E-state index in [1.807, 2.05) is 0 Å². The normalized spacial score (nSPS) is 18.8. The summed E-state index contributed by atoms with van der Waals surface area (Å²) in [5, 5.41) is 10.00. The van der Waals surface area contributed by atoms with Gasteiger partial charge in [-0.1, -0.05) is 12.1 Å². The predicted molar refractivity (Wildman–Crippen MR) is 53.8 cm³/mol. The van der Waals surface area contributed by atoms with Gasteiger partial charge < -0.3 is 5.11 Å². The molecule has 0 unspecified atom stereocenters. The minimum Gasteiger partial charge on any atom is -0.385 e. The van der Waals surface area contributed by atoms with Crippen molar-refractivity contribution in [1.82, 2.24) is 0 Å². The average Bonchev–Trinajstić information content (AvgIpc) is 2.77. The molecule has 1 nitrogen and oxygen atoms in total. The average molecular weight is 176 g/mol. The van der Waals surface area contributed by atoms with Crippen molar-refractivity contribution >= 4 is 0 Å². The van der Waals surface area contributed by atoms with Crippen LogP contribution in [-0.2, 0) is 5.60 Å². The number of aliphatic hydroxyl groups is 1. The van der Waals surface area contributed by atoms with Crippen LogP contribution in [0.3, 0.4) is 0 Å². The first kappa shape index (κ1) is 8.76. The van der Waals surface area contributed by atoms with Gasteiger partial charge in [-0.05, 0) is 55.9 Å². The molecule has 1 aromatic rings. The Morgan fingerprint density at radius 3 is 2.08 bits per heavy atom. The summed E-state index contributed by atoms with van der Waals surface area (Å²) < 4.78 is 0. The molecule has 0 aliphatic heterocycles. The van der Waals surface area contributed by atoms with Crippen molar-refractivity contribution in [1.29, 1.82) is 0 Å². The lowest BCUT2D eigenvalue weighted by Crippen LogP contribution is -2.07. The van der Waals surface area contributed by atoms with E-state index < -0.39 is 5.60 Å². The molecule has 1 aromatic carbocycles. The van der Waals surface area contributed by atoms with E-state index in [-0.39, 0.29) is 0 Å². The Labute approximate surface area is 79.4 Å². The molecule has 2 rings (SSSR count). The first-order chi connectivity index (χ1) is 6.03. The molecule has 1 N–H and O–H groups in total. The van der Waals surface area contributed by atoms with Crippen molar-refractivity contribution < 1.29 is 5.11 Å². The largest absolute Gasteiger partial charge is 0.385 e. The topological polar surface area (TPSA) is 20.2 Å². The summed E-state index contributed by atoms with van der Waals surface area (Å²) in [5.41, 5.74) is 4.47. The molecule has 0 bridgehead atoms. The van der Waals surface area contributed by atoms with Crippen LogP contribution in [0, 0.1) is 20.8 Å². The highest BCUT2D eigenvalue weighted by molar-refractivity contribution is 5.41. The number of aryl methyl sites for hydroxylation is 3. The third-order valence-corrected chi connectivity index (χ3v) is 3.07. The molecule has 1 fully saturated rings. The molecule has 13 heavy (non-hydrogen) atoms. The van der Waals surface area contributed by atoms with E-state index in [1.54, 1.807) is 0 Å². The lowest BCUT2D eigenvalue weighted by molar-refractivity contribution is 0.150. The molecular weight excluding hydrogens is 160 g/mol. The number of hydrogen-bond donors (Lipinski definition) is 1. The van der Waals surface area contributed by atoms with Gasteiger partial charge in [-0.15, -0.1) is 0 Å². The molecule has 0 atom stereocenters. The molecule has 0 aromatic heterocycles. The Morgan fingerprint density at radius 1 is 1.00 bits per heavy atom. The Kier molecular flexibility index (Phi) is 1.74. The van der Waals surface area contributed by atoms with Gasteiger partial charge in [-0.3, -0.25) is 0 Å². The van der Waals surface area contributed by atoms with E-state index in [0.29, 0.717) is 0 Å². The molecule has 0 saturated heterocycles. The molecule has 1 aliphatic rings. The number of hydrogen-bond acceptors (Lipinski definition) is 1. The highest BCUT2D eigenvalue weighted by atomic mass is 16.3. The Bertz CT molecular complexity index is 348. The lowest BCUT2D eigenvalue weighted by Gasteiger charge is -2.14. The third-order valence-electron chi connectivity index (χ3n) is 3.07. The van der Waals surface area contributed by atoms with Crippen LogP contribution in [-0.4, -0.2) is 5.11 Å². The minimum atomic E-state index is -0.484. The molecule has 0 amide bonds. The minimum absolute atomic E-state index is 0.484. The fourth-order valence-electron chi connectivity index (χ4n) is 1.85. The van der Waals surface area contributed by atoms with Crippen LogP contribution in [0.4, 0.5) is 0 Å². The first-order valence-electron chi connectivity index (χ1n) is 4.84. The van der Waals surface area contributed by atoms with Gasteiger partial charge in [0.2, 0.25) is 0 Å². The zero-order valence-corrected chi connectivity index (χ0v) is 8.52. The second-order valence-electron chi connectivity index (χ2n) is 4.28. The first-order valence-corrected chi connectivity index (χ1v) is 4.84. The lowest BCUT2D eigenvalue weighted by atomic mass is 9.96. The molecule has 1 aliphatic carbocycles. The smallest absolute Gasteiger partial charge is 0.0901 e. The summed E-state index contributed by atoms with van der Waals surface area (Å²) >= 11 is 0. The van der Waals surface area contributed by atoms with Crippen molar-refractivity contribution in [3.05, 3.63) is 34.4 Å². The predicted octanol–water partition coefficient (Wildman–Crippen LogP) is 2.59. The Balaban J connectivity index is 2.52. The SMILES string of the molecule is Cc1cc(C)c(C2(O)CC2)cc1C. The van der Waals surface area contributed by atoms with Crippen molar-refractivity contribution in [3.8, 4) is 0 Å². The highest BCUT2D eigenvalue weighted by Crippen LogP contribution is 2.46. The van der Waals surface area contributed by atoms with Crippen LogP contribution in [0.1, 0.15) is 35.1 Å². The van der Waals surface area contributed by atoms with Gasteiger partial charge in [-0.2, -0.15) is 0 Å². The van der Waals surface area contributed by atoms with Gasteiger partial charge in [0, 0.05) is 0 Å². The van der Waals surface area contributed by atoms with Crippen molar-refractivity contribution in [2.45, 2.75) is 39.2 Å². The Hall–Kier alpha value is -0.820. The summed E-state index contributed by atoms with van der Waals surface area (Å²) in [7, 11) is 0. The highest BCUT2D eigenvalue weighted by Gasteiger charge is 2.43. The monoisotopic (exact) mass is 176 g/mol. The summed E-state index contributed by atoms with van der Waals surface area (Å²) in [6, 6.07) is 4.30. The third kappa shape index (κ3) is 1.37. The van der Waals surface area contributed by atoms with Crippen LogP contribution < -0.4 is 0 Å². The van der Waals surface area contributed by atoms with Crippen LogP contribution in [0.5, 0.6) is 0 Å². The second kappa shape index (κ2) is 2.58. The summed E-state index contributed by atoms with van der Waals surface area (Å²) in [4.78, 5) is 0. The van der Waals surface area contributed by atoms with Crippen LogP contribution in [0.2, 0.25) is 0 Å². The maximum absolute atomic E-state index is 10.00. The van der Waals surface area contributed by atoms with E-state index in [1.165, 1.54) is 16.7 Å².